The lowest BCUT2D eigenvalue weighted by Crippen LogP contribution is -2.40. The molecule has 3 heterocycles. The van der Waals surface area contributed by atoms with Crippen LogP contribution in [-0.4, -0.2) is 54.9 Å². The van der Waals surface area contributed by atoms with E-state index in [9.17, 15) is 9.59 Å². The summed E-state index contributed by atoms with van der Waals surface area (Å²) in [4.78, 5) is 30.3. The van der Waals surface area contributed by atoms with Crippen molar-refractivity contribution in [3.63, 3.8) is 0 Å². The van der Waals surface area contributed by atoms with Crippen molar-refractivity contribution in [1.82, 2.24) is 30.1 Å². The third-order valence-electron chi connectivity index (χ3n) is 3.81. The summed E-state index contributed by atoms with van der Waals surface area (Å²) in [7, 11) is 0. The molecule has 0 aliphatic carbocycles. The number of carbonyl (C=O) groups excluding carboxylic acids is 2. The fourth-order valence-corrected chi connectivity index (χ4v) is 3.22. The van der Waals surface area contributed by atoms with E-state index < -0.39 is 0 Å². The van der Waals surface area contributed by atoms with Gasteiger partial charge in [-0.2, -0.15) is 0 Å². The summed E-state index contributed by atoms with van der Waals surface area (Å²) in [5.41, 5.74) is 0. The number of aryl methyl sites for hydroxylation is 1. The van der Waals surface area contributed by atoms with Crippen LogP contribution in [-0.2, 0) is 11.3 Å². The lowest BCUT2D eigenvalue weighted by Gasteiger charge is -2.31. The SMILES string of the molecule is O=C(c1nccs1)C1CCN(C(=O)CCn2cnnn2)CC1. The third kappa shape index (κ3) is 3.35. The smallest absolute Gasteiger partial charge is 0.224 e. The molecule has 0 atom stereocenters. The summed E-state index contributed by atoms with van der Waals surface area (Å²) in [6.45, 7) is 1.72. The third-order valence-corrected chi connectivity index (χ3v) is 4.60. The van der Waals surface area contributed by atoms with Crippen molar-refractivity contribution in [3.8, 4) is 0 Å². The molecule has 0 N–H and O–H groups in total. The van der Waals surface area contributed by atoms with E-state index in [0.29, 0.717) is 43.9 Å². The first-order chi connectivity index (χ1) is 10.7. The van der Waals surface area contributed by atoms with E-state index in [4.69, 9.17) is 0 Å². The Morgan fingerprint density at radius 2 is 2.14 bits per heavy atom. The van der Waals surface area contributed by atoms with Crippen LogP contribution in [0.25, 0.3) is 0 Å². The van der Waals surface area contributed by atoms with Gasteiger partial charge >= 0.3 is 0 Å². The number of hydrogen-bond acceptors (Lipinski definition) is 7. The highest BCUT2D eigenvalue weighted by Gasteiger charge is 2.28. The Morgan fingerprint density at radius 1 is 1.32 bits per heavy atom. The number of rotatable bonds is 5. The number of aromatic nitrogens is 5. The number of hydrogen-bond donors (Lipinski definition) is 0. The van der Waals surface area contributed by atoms with E-state index in [-0.39, 0.29) is 17.6 Å². The Kier molecular flexibility index (Phi) is 4.52. The molecule has 8 nitrogen and oxygen atoms in total. The Labute approximate surface area is 131 Å². The van der Waals surface area contributed by atoms with Gasteiger partial charge in [-0.15, -0.1) is 16.4 Å². The quantitative estimate of drug-likeness (QED) is 0.751. The number of piperidine rings is 1. The molecule has 0 bridgehead atoms. The number of Topliss-reactive ketones (excluding diaryl/α,β-unsaturated/α-hetero) is 1. The Bertz CT molecular complexity index is 619. The van der Waals surface area contributed by atoms with E-state index in [0.717, 1.165) is 0 Å². The van der Waals surface area contributed by atoms with Crippen molar-refractivity contribution in [1.29, 1.82) is 0 Å². The highest BCUT2D eigenvalue weighted by atomic mass is 32.1. The van der Waals surface area contributed by atoms with Gasteiger partial charge in [0.25, 0.3) is 0 Å². The summed E-state index contributed by atoms with van der Waals surface area (Å²) in [6, 6.07) is 0. The Balaban J connectivity index is 1.47. The van der Waals surface area contributed by atoms with Crippen LogP contribution in [0.4, 0.5) is 0 Å². The van der Waals surface area contributed by atoms with Gasteiger partial charge in [0.15, 0.2) is 10.8 Å². The Morgan fingerprint density at radius 3 is 2.77 bits per heavy atom. The van der Waals surface area contributed by atoms with Crippen LogP contribution >= 0.6 is 11.3 Å². The minimum absolute atomic E-state index is 0.0188. The van der Waals surface area contributed by atoms with Crippen molar-refractivity contribution in [2.45, 2.75) is 25.8 Å². The number of ketones is 1. The van der Waals surface area contributed by atoms with Gasteiger partial charge in [0.1, 0.15) is 6.33 Å². The van der Waals surface area contributed by atoms with E-state index in [1.807, 2.05) is 10.3 Å². The van der Waals surface area contributed by atoms with Gasteiger partial charge in [0.2, 0.25) is 5.91 Å². The van der Waals surface area contributed by atoms with Gasteiger partial charge in [-0.1, -0.05) is 0 Å². The maximum atomic E-state index is 12.2. The average molecular weight is 320 g/mol. The number of amides is 1. The number of tetrazole rings is 1. The van der Waals surface area contributed by atoms with Crippen molar-refractivity contribution < 1.29 is 9.59 Å². The molecule has 0 saturated carbocycles. The second kappa shape index (κ2) is 6.73. The van der Waals surface area contributed by atoms with Crippen LogP contribution in [0.1, 0.15) is 29.1 Å². The summed E-state index contributed by atoms with van der Waals surface area (Å²) in [5, 5.41) is 13.2. The van der Waals surface area contributed by atoms with Crippen molar-refractivity contribution in [3.05, 3.63) is 22.9 Å². The average Bonchev–Trinajstić information content (AvgIpc) is 3.25. The van der Waals surface area contributed by atoms with E-state index >= 15 is 0 Å². The Hall–Kier alpha value is -2.16. The lowest BCUT2D eigenvalue weighted by atomic mass is 9.92. The molecule has 0 radical (unpaired) electrons. The van der Waals surface area contributed by atoms with Crippen LogP contribution in [0.15, 0.2) is 17.9 Å². The summed E-state index contributed by atoms with van der Waals surface area (Å²) < 4.78 is 1.54. The first-order valence-corrected chi connectivity index (χ1v) is 8.04. The standard InChI is InChI=1S/C13H16N6O2S/c20-11(3-7-19-9-15-16-17-19)18-5-1-10(2-6-18)12(21)13-14-4-8-22-13/h4,8-10H,1-3,5-7H2. The van der Waals surface area contributed by atoms with E-state index in [1.54, 1.807) is 6.20 Å². The molecule has 1 amide bonds. The maximum Gasteiger partial charge on any atom is 0.224 e. The highest BCUT2D eigenvalue weighted by Crippen LogP contribution is 2.23. The monoisotopic (exact) mass is 320 g/mol. The molecule has 1 fully saturated rings. The molecule has 1 aliphatic rings. The molecular weight excluding hydrogens is 304 g/mol. The first-order valence-electron chi connectivity index (χ1n) is 7.16. The number of carbonyl (C=O) groups is 2. The molecule has 116 valence electrons. The van der Waals surface area contributed by atoms with Crippen molar-refractivity contribution in [2.75, 3.05) is 13.1 Å². The van der Waals surface area contributed by atoms with Crippen molar-refractivity contribution >= 4 is 23.0 Å². The molecular formula is C13H16N6O2S. The second-order valence-electron chi connectivity index (χ2n) is 5.18. The minimum Gasteiger partial charge on any atom is -0.343 e. The predicted molar refractivity (Wildman–Crippen MR) is 78.2 cm³/mol. The largest absolute Gasteiger partial charge is 0.343 e. The van der Waals surface area contributed by atoms with E-state index in [1.165, 1.54) is 22.3 Å². The molecule has 1 saturated heterocycles. The first kappa shape index (κ1) is 14.8. The maximum absolute atomic E-state index is 12.2. The molecule has 9 heteroatoms. The van der Waals surface area contributed by atoms with Crippen LogP contribution in [0.2, 0.25) is 0 Å². The summed E-state index contributed by atoms with van der Waals surface area (Å²) in [6.07, 6.45) is 4.92. The number of thiazole rings is 1. The van der Waals surface area contributed by atoms with Gasteiger partial charge in [-0.3, -0.25) is 9.59 Å². The lowest BCUT2D eigenvalue weighted by molar-refractivity contribution is -0.132. The fraction of sp³-hybridized carbons (Fsp3) is 0.538. The van der Waals surface area contributed by atoms with Crippen LogP contribution in [0.5, 0.6) is 0 Å². The minimum atomic E-state index is -0.0188. The topological polar surface area (TPSA) is 93.9 Å². The van der Waals surface area contributed by atoms with Crippen molar-refractivity contribution in [2.24, 2.45) is 5.92 Å². The molecule has 3 rings (SSSR count). The van der Waals surface area contributed by atoms with Crippen LogP contribution < -0.4 is 0 Å². The highest BCUT2D eigenvalue weighted by molar-refractivity contribution is 7.11. The summed E-state index contributed by atoms with van der Waals surface area (Å²) >= 11 is 1.38. The molecule has 2 aromatic heterocycles. The number of likely N-dealkylation sites (tertiary alicyclic amines) is 1. The number of nitrogens with zero attached hydrogens (tertiary/aromatic N) is 6. The molecule has 2 aromatic rings. The zero-order chi connectivity index (χ0) is 15.4. The van der Waals surface area contributed by atoms with Gasteiger partial charge in [-0.25, -0.2) is 9.67 Å². The zero-order valence-electron chi connectivity index (χ0n) is 12.0. The molecule has 0 spiro atoms. The fourth-order valence-electron chi connectivity index (χ4n) is 2.56. The van der Waals surface area contributed by atoms with Crippen LogP contribution in [0.3, 0.4) is 0 Å². The molecule has 0 aromatic carbocycles. The predicted octanol–water partition coefficient (Wildman–Crippen LogP) is 0.641. The molecule has 22 heavy (non-hydrogen) atoms. The van der Waals surface area contributed by atoms with Gasteiger partial charge in [-0.05, 0) is 23.3 Å². The second-order valence-corrected chi connectivity index (χ2v) is 6.07. The van der Waals surface area contributed by atoms with E-state index in [2.05, 4.69) is 20.5 Å². The summed E-state index contributed by atoms with van der Waals surface area (Å²) in [5.74, 6) is 0.168. The van der Waals surface area contributed by atoms with Crippen LogP contribution in [0, 0.1) is 5.92 Å². The van der Waals surface area contributed by atoms with Gasteiger partial charge in [0.05, 0.1) is 6.54 Å². The normalized spacial score (nSPS) is 15.9. The van der Waals surface area contributed by atoms with Gasteiger partial charge in [0, 0.05) is 37.0 Å². The molecule has 0 unspecified atom stereocenters. The molecule has 1 aliphatic heterocycles. The zero-order valence-corrected chi connectivity index (χ0v) is 12.8. The van der Waals surface area contributed by atoms with Gasteiger partial charge < -0.3 is 4.90 Å².